The standard InChI is InChI=1S/C13H21BrN2S2/c1-5-9(4)18-7-11-15-10(6-8(2)3)12(14)13(17)16-11/h8-9H,5-7H2,1-4H3,(H,15,16,17). The minimum absolute atomic E-state index is 0.601. The zero-order chi connectivity index (χ0) is 13.7. The van der Waals surface area contributed by atoms with E-state index in [1.807, 2.05) is 11.8 Å². The van der Waals surface area contributed by atoms with Crippen molar-refractivity contribution in [3.8, 4) is 0 Å². The maximum absolute atomic E-state index is 5.30. The average molecular weight is 349 g/mol. The van der Waals surface area contributed by atoms with Crippen molar-refractivity contribution in [2.45, 2.75) is 51.5 Å². The van der Waals surface area contributed by atoms with Gasteiger partial charge in [0.05, 0.1) is 10.2 Å². The van der Waals surface area contributed by atoms with Crippen LogP contribution in [-0.4, -0.2) is 15.2 Å². The number of rotatable bonds is 6. The molecule has 0 saturated carbocycles. The quantitative estimate of drug-likeness (QED) is 0.722. The van der Waals surface area contributed by atoms with Crippen molar-refractivity contribution >= 4 is 39.9 Å². The molecule has 0 aliphatic rings. The third kappa shape index (κ3) is 5.02. The third-order valence-corrected chi connectivity index (χ3v) is 5.43. The maximum atomic E-state index is 5.30. The summed E-state index contributed by atoms with van der Waals surface area (Å²) in [4.78, 5) is 7.86. The third-order valence-electron chi connectivity index (χ3n) is 2.68. The lowest BCUT2D eigenvalue weighted by atomic mass is 10.1. The average Bonchev–Trinajstić information content (AvgIpc) is 2.31. The van der Waals surface area contributed by atoms with Crippen molar-refractivity contribution in [2.75, 3.05) is 0 Å². The summed E-state index contributed by atoms with van der Waals surface area (Å²) in [7, 11) is 0. The number of aromatic amines is 1. The molecule has 0 aliphatic carbocycles. The van der Waals surface area contributed by atoms with Crippen molar-refractivity contribution in [3.05, 3.63) is 20.6 Å². The van der Waals surface area contributed by atoms with Crippen LogP contribution in [0.25, 0.3) is 0 Å². The van der Waals surface area contributed by atoms with Gasteiger partial charge < -0.3 is 4.98 Å². The molecular weight excluding hydrogens is 328 g/mol. The summed E-state index contributed by atoms with van der Waals surface area (Å²) in [5.74, 6) is 2.49. The molecule has 0 spiro atoms. The molecule has 0 fully saturated rings. The fraction of sp³-hybridized carbons (Fsp3) is 0.692. The highest BCUT2D eigenvalue weighted by Crippen LogP contribution is 2.22. The Morgan fingerprint density at radius 2 is 2.06 bits per heavy atom. The smallest absolute Gasteiger partial charge is 0.144 e. The van der Waals surface area contributed by atoms with Gasteiger partial charge in [-0.15, -0.1) is 0 Å². The predicted octanol–water partition coefficient (Wildman–Crippen LogP) is 5.13. The molecule has 0 radical (unpaired) electrons. The molecule has 5 heteroatoms. The van der Waals surface area contributed by atoms with E-state index >= 15 is 0 Å². The molecule has 0 aliphatic heterocycles. The van der Waals surface area contributed by atoms with E-state index in [1.165, 1.54) is 12.1 Å². The first kappa shape index (κ1) is 16.2. The number of thioether (sulfide) groups is 1. The Labute approximate surface area is 128 Å². The van der Waals surface area contributed by atoms with E-state index in [0.717, 1.165) is 22.5 Å². The Hall–Kier alpha value is 0.130. The molecule has 0 amide bonds. The van der Waals surface area contributed by atoms with Crippen LogP contribution in [0.3, 0.4) is 0 Å². The summed E-state index contributed by atoms with van der Waals surface area (Å²) in [5, 5.41) is 0.658. The van der Waals surface area contributed by atoms with Crippen molar-refractivity contribution in [1.29, 1.82) is 0 Å². The first-order valence-corrected chi connectivity index (χ1v) is 8.58. The normalized spacial score (nSPS) is 13.0. The number of hydrogen-bond acceptors (Lipinski definition) is 3. The van der Waals surface area contributed by atoms with Gasteiger partial charge in [-0.05, 0) is 34.7 Å². The molecule has 1 aromatic rings. The van der Waals surface area contributed by atoms with E-state index in [-0.39, 0.29) is 0 Å². The summed E-state index contributed by atoms with van der Waals surface area (Å²) < 4.78 is 1.62. The molecule has 0 saturated heterocycles. The first-order chi connectivity index (χ1) is 8.43. The summed E-state index contributed by atoms with van der Waals surface area (Å²) in [6.07, 6.45) is 2.18. The Bertz CT molecular complexity index is 443. The highest BCUT2D eigenvalue weighted by Gasteiger charge is 2.09. The van der Waals surface area contributed by atoms with Crippen LogP contribution in [0, 0.1) is 10.6 Å². The van der Waals surface area contributed by atoms with Gasteiger partial charge in [-0.2, -0.15) is 11.8 Å². The van der Waals surface area contributed by atoms with Crippen LogP contribution in [0.2, 0.25) is 0 Å². The fourth-order valence-electron chi connectivity index (χ4n) is 1.51. The minimum atomic E-state index is 0.601. The molecule has 1 rings (SSSR count). The van der Waals surface area contributed by atoms with Crippen molar-refractivity contribution < 1.29 is 0 Å². The van der Waals surface area contributed by atoms with Crippen LogP contribution >= 0.6 is 39.9 Å². The lowest BCUT2D eigenvalue weighted by Gasteiger charge is -2.12. The van der Waals surface area contributed by atoms with Crippen LogP contribution in [0.1, 0.15) is 45.6 Å². The Kier molecular flexibility index (Phi) is 6.88. The molecule has 1 unspecified atom stereocenters. The maximum Gasteiger partial charge on any atom is 0.144 e. The molecule has 0 aromatic carbocycles. The first-order valence-electron chi connectivity index (χ1n) is 6.33. The fourth-order valence-corrected chi connectivity index (χ4v) is 2.91. The van der Waals surface area contributed by atoms with Gasteiger partial charge in [0.2, 0.25) is 0 Å². The predicted molar refractivity (Wildman–Crippen MR) is 86.7 cm³/mol. The van der Waals surface area contributed by atoms with Crippen LogP contribution in [0.4, 0.5) is 0 Å². The van der Waals surface area contributed by atoms with Crippen molar-refractivity contribution in [1.82, 2.24) is 9.97 Å². The second kappa shape index (κ2) is 7.65. The second-order valence-corrected chi connectivity index (χ2v) is 7.52. The molecule has 102 valence electrons. The monoisotopic (exact) mass is 348 g/mol. The lowest BCUT2D eigenvalue weighted by molar-refractivity contribution is 0.629. The van der Waals surface area contributed by atoms with Gasteiger partial charge in [0.15, 0.2) is 0 Å². The number of halogens is 1. The van der Waals surface area contributed by atoms with Gasteiger partial charge in [0.25, 0.3) is 0 Å². The number of hydrogen-bond donors (Lipinski definition) is 1. The topological polar surface area (TPSA) is 28.7 Å². The van der Waals surface area contributed by atoms with Crippen molar-refractivity contribution in [2.24, 2.45) is 5.92 Å². The van der Waals surface area contributed by atoms with Gasteiger partial charge in [-0.1, -0.05) is 39.9 Å². The number of nitrogens with zero attached hydrogens (tertiary/aromatic N) is 1. The molecule has 1 aromatic heterocycles. The van der Waals surface area contributed by atoms with E-state index in [4.69, 9.17) is 12.2 Å². The van der Waals surface area contributed by atoms with E-state index < -0.39 is 0 Å². The van der Waals surface area contributed by atoms with E-state index in [0.29, 0.717) is 15.8 Å². The van der Waals surface area contributed by atoms with Gasteiger partial charge in [-0.25, -0.2) is 4.98 Å². The van der Waals surface area contributed by atoms with Gasteiger partial charge in [0.1, 0.15) is 10.5 Å². The lowest BCUT2D eigenvalue weighted by Crippen LogP contribution is -2.05. The minimum Gasteiger partial charge on any atom is -0.345 e. The Morgan fingerprint density at radius 1 is 1.39 bits per heavy atom. The molecule has 1 heterocycles. The van der Waals surface area contributed by atoms with E-state index in [2.05, 4.69) is 53.6 Å². The number of nitrogens with one attached hydrogen (secondary N) is 1. The Balaban J connectivity index is 2.87. The van der Waals surface area contributed by atoms with Gasteiger partial charge in [-0.3, -0.25) is 0 Å². The Morgan fingerprint density at radius 3 is 2.61 bits per heavy atom. The number of H-pyrrole nitrogens is 1. The van der Waals surface area contributed by atoms with Crippen LogP contribution in [0.15, 0.2) is 4.47 Å². The van der Waals surface area contributed by atoms with Crippen LogP contribution < -0.4 is 0 Å². The molecule has 0 bridgehead atoms. The zero-order valence-corrected chi connectivity index (χ0v) is 14.6. The van der Waals surface area contributed by atoms with Crippen molar-refractivity contribution in [3.63, 3.8) is 0 Å². The highest BCUT2D eigenvalue weighted by molar-refractivity contribution is 9.10. The molecule has 1 atom stereocenters. The summed E-state index contributed by atoms with van der Waals surface area (Å²) in [5.41, 5.74) is 1.17. The molecule has 18 heavy (non-hydrogen) atoms. The van der Waals surface area contributed by atoms with E-state index in [1.54, 1.807) is 0 Å². The molecule has 2 nitrogen and oxygen atoms in total. The second-order valence-electron chi connectivity index (χ2n) is 4.91. The summed E-state index contributed by atoms with van der Waals surface area (Å²) in [6.45, 7) is 8.86. The largest absolute Gasteiger partial charge is 0.345 e. The summed E-state index contributed by atoms with van der Waals surface area (Å²) >= 11 is 10.8. The number of aromatic nitrogens is 2. The van der Waals surface area contributed by atoms with Gasteiger partial charge in [0, 0.05) is 10.9 Å². The highest BCUT2D eigenvalue weighted by atomic mass is 79.9. The van der Waals surface area contributed by atoms with Gasteiger partial charge >= 0.3 is 0 Å². The SMILES string of the molecule is CCC(C)SCc1nc(=S)c(Br)c(CC(C)C)[nH]1. The van der Waals surface area contributed by atoms with Crippen LogP contribution in [0.5, 0.6) is 0 Å². The summed E-state index contributed by atoms with van der Waals surface area (Å²) in [6, 6.07) is 0. The van der Waals surface area contributed by atoms with E-state index in [9.17, 15) is 0 Å². The van der Waals surface area contributed by atoms with Crippen LogP contribution in [-0.2, 0) is 12.2 Å². The molecule has 1 N–H and O–H groups in total. The molecular formula is C13H21BrN2S2. The zero-order valence-electron chi connectivity index (χ0n) is 11.4.